The molecule has 0 aliphatic carbocycles. The molecule has 2 amide bonds. The molecule has 0 spiro atoms. The van der Waals surface area contributed by atoms with Crippen LogP contribution in [0.15, 0.2) is 42.6 Å². The molecule has 1 fully saturated rings. The molecule has 26 heavy (non-hydrogen) atoms. The number of hydrogen-bond acceptors (Lipinski definition) is 4. The topological polar surface area (TPSA) is 65.5 Å². The number of carbonyl (C=O) groups is 2. The summed E-state index contributed by atoms with van der Waals surface area (Å²) in [7, 11) is 0. The molecule has 0 atom stereocenters. The molecule has 1 aromatic carbocycles. The molecule has 0 unspecified atom stereocenters. The lowest BCUT2D eigenvalue weighted by Gasteiger charge is -2.32. The van der Waals surface area contributed by atoms with Gasteiger partial charge in [0.15, 0.2) is 0 Å². The zero-order valence-electron chi connectivity index (χ0n) is 14.4. The summed E-state index contributed by atoms with van der Waals surface area (Å²) in [6.07, 6.45) is 2.90. The Hall–Kier alpha value is -2.96. The second-order valence-corrected chi connectivity index (χ2v) is 6.13. The van der Waals surface area contributed by atoms with E-state index < -0.39 is 0 Å². The molecule has 1 aromatic heterocycles. The molecule has 0 bridgehead atoms. The molecular weight excluding hydrogens is 335 g/mol. The van der Waals surface area contributed by atoms with Crippen molar-refractivity contribution in [1.29, 1.82) is 0 Å². The summed E-state index contributed by atoms with van der Waals surface area (Å²) in [5.41, 5.74) is 1.17. The maximum Gasteiger partial charge on any atom is 0.255 e. The van der Waals surface area contributed by atoms with Crippen molar-refractivity contribution < 1.29 is 14.0 Å². The van der Waals surface area contributed by atoms with Crippen LogP contribution in [0.4, 0.5) is 10.2 Å². The van der Waals surface area contributed by atoms with Gasteiger partial charge >= 0.3 is 0 Å². The number of nitrogens with zero attached hydrogens (tertiary/aromatic N) is 3. The van der Waals surface area contributed by atoms with Gasteiger partial charge in [-0.05, 0) is 30.2 Å². The van der Waals surface area contributed by atoms with Crippen molar-refractivity contribution in [3.05, 3.63) is 59.5 Å². The molecule has 3 rings (SSSR count). The molecule has 7 heteroatoms. The monoisotopic (exact) mass is 356 g/mol. The number of anilines is 1. The highest BCUT2D eigenvalue weighted by Crippen LogP contribution is 2.11. The Morgan fingerprint density at radius 2 is 1.92 bits per heavy atom. The first-order valence-electron chi connectivity index (χ1n) is 8.59. The first-order valence-corrected chi connectivity index (χ1v) is 8.59. The quantitative estimate of drug-likeness (QED) is 0.802. The number of benzene rings is 1. The third-order valence-corrected chi connectivity index (χ3v) is 4.42. The van der Waals surface area contributed by atoms with Gasteiger partial charge in [0.05, 0.1) is 5.56 Å². The Labute approximate surface area is 151 Å². The van der Waals surface area contributed by atoms with Gasteiger partial charge in [0.25, 0.3) is 5.91 Å². The Balaban J connectivity index is 1.51. The summed E-state index contributed by atoms with van der Waals surface area (Å²) in [6, 6.07) is 10.2. The largest absolute Gasteiger partial charge is 0.370 e. The molecule has 1 aliphatic heterocycles. The average Bonchev–Trinajstić information content (AvgIpc) is 2.69. The van der Waals surface area contributed by atoms with Crippen molar-refractivity contribution in [2.24, 2.45) is 0 Å². The Kier molecular flexibility index (Phi) is 5.78. The highest BCUT2D eigenvalue weighted by molar-refractivity contribution is 5.94. The Morgan fingerprint density at radius 3 is 2.58 bits per heavy atom. The second-order valence-electron chi connectivity index (χ2n) is 6.13. The van der Waals surface area contributed by atoms with Crippen molar-refractivity contribution in [1.82, 2.24) is 14.8 Å². The number of pyridine rings is 1. The number of piperazine rings is 1. The summed E-state index contributed by atoms with van der Waals surface area (Å²) in [4.78, 5) is 30.8. The van der Waals surface area contributed by atoms with Crippen LogP contribution in [-0.2, 0) is 11.2 Å². The third kappa shape index (κ3) is 4.36. The standard InChI is InChI=1S/C19H21FN4O2/c20-17-4-2-1-3-15(17)7-8-21-18-6-5-16(13-22-18)19(26)24-11-9-23(14-25)10-12-24/h1-6,13-14H,7-12H2,(H,21,22). The van der Waals surface area contributed by atoms with Crippen LogP contribution in [0, 0.1) is 5.82 Å². The van der Waals surface area contributed by atoms with Gasteiger partial charge in [-0.25, -0.2) is 9.37 Å². The first kappa shape index (κ1) is 17.8. The van der Waals surface area contributed by atoms with E-state index in [0.29, 0.717) is 56.1 Å². The second kappa shape index (κ2) is 8.42. The zero-order chi connectivity index (χ0) is 18.4. The van der Waals surface area contributed by atoms with E-state index >= 15 is 0 Å². The van der Waals surface area contributed by atoms with E-state index in [1.807, 2.05) is 6.07 Å². The SMILES string of the molecule is O=CN1CCN(C(=O)c2ccc(NCCc3ccccc3F)nc2)CC1. The molecule has 2 aromatic rings. The molecular formula is C19H21FN4O2. The predicted molar refractivity (Wildman–Crippen MR) is 96.4 cm³/mol. The van der Waals surface area contributed by atoms with Crippen molar-refractivity contribution in [3.8, 4) is 0 Å². The van der Waals surface area contributed by atoms with E-state index in [2.05, 4.69) is 10.3 Å². The number of halogens is 1. The van der Waals surface area contributed by atoms with Crippen molar-refractivity contribution in [2.45, 2.75) is 6.42 Å². The van der Waals surface area contributed by atoms with Gasteiger partial charge < -0.3 is 15.1 Å². The summed E-state index contributed by atoms with van der Waals surface area (Å²) in [5, 5.41) is 3.13. The zero-order valence-corrected chi connectivity index (χ0v) is 14.4. The minimum absolute atomic E-state index is 0.0824. The summed E-state index contributed by atoms with van der Waals surface area (Å²) in [5.74, 6) is 0.350. The number of nitrogens with one attached hydrogen (secondary N) is 1. The fraction of sp³-hybridized carbons (Fsp3) is 0.316. The smallest absolute Gasteiger partial charge is 0.255 e. The van der Waals surface area contributed by atoms with E-state index in [9.17, 15) is 14.0 Å². The number of aromatic nitrogens is 1. The fourth-order valence-corrected chi connectivity index (χ4v) is 2.86. The van der Waals surface area contributed by atoms with Gasteiger partial charge in [0, 0.05) is 38.9 Å². The van der Waals surface area contributed by atoms with Crippen molar-refractivity contribution in [3.63, 3.8) is 0 Å². The van der Waals surface area contributed by atoms with Crippen LogP contribution < -0.4 is 5.32 Å². The summed E-state index contributed by atoms with van der Waals surface area (Å²) < 4.78 is 13.6. The molecule has 2 heterocycles. The maximum atomic E-state index is 13.6. The highest BCUT2D eigenvalue weighted by Gasteiger charge is 2.21. The van der Waals surface area contributed by atoms with Crippen LogP contribution in [0.5, 0.6) is 0 Å². The van der Waals surface area contributed by atoms with E-state index in [4.69, 9.17) is 0 Å². The van der Waals surface area contributed by atoms with Crippen molar-refractivity contribution in [2.75, 3.05) is 38.0 Å². The van der Waals surface area contributed by atoms with Gasteiger partial charge in [-0.2, -0.15) is 0 Å². The van der Waals surface area contributed by atoms with Crippen molar-refractivity contribution >= 4 is 18.1 Å². The number of hydrogen-bond donors (Lipinski definition) is 1. The molecule has 6 nitrogen and oxygen atoms in total. The average molecular weight is 356 g/mol. The molecule has 0 radical (unpaired) electrons. The lowest BCUT2D eigenvalue weighted by atomic mass is 10.1. The van der Waals surface area contributed by atoms with Crippen LogP contribution in [-0.4, -0.2) is 59.8 Å². The van der Waals surface area contributed by atoms with Crippen LogP contribution in [0.1, 0.15) is 15.9 Å². The van der Waals surface area contributed by atoms with Crippen LogP contribution in [0.25, 0.3) is 0 Å². The van der Waals surface area contributed by atoms with E-state index in [-0.39, 0.29) is 11.7 Å². The maximum absolute atomic E-state index is 13.6. The van der Waals surface area contributed by atoms with E-state index in [1.54, 1.807) is 40.3 Å². The third-order valence-electron chi connectivity index (χ3n) is 4.42. The predicted octanol–water partition coefficient (Wildman–Crippen LogP) is 1.79. The van der Waals surface area contributed by atoms with Gasteiger partial charge in [0.1, 0.15) is 11.6 Å². The minimum atomic E-state index is -0.210. The fourth-order valence-electron chi connectivity index (χ4n) is 2.86. The van der Waals surface area contributed by atoms with Crippen LogP contribution >= 0.6 is 0 Å². The highest BCUT2D eigenvalue weighted by atomic mass is 19.1. The molecule has 136 valence electrons. The van der Waals surface area contributed by atoms with Crippen LogP contribution in [0.3, 0.4) is 0 Å². The molecule has 1 saturated heterocycles. The Bertz CT molecular complexity index is 758. The van der Waals surface area contributed by atoms with Gasteiger partial charge in [-0.1, -0.05) is 18.2 Å². The molecule has 1 N–H and O–H groups in total. The minimum Gasteiger partial charge on any atom is -0.370 e. The first-order chi connectivity index (χ1) is 12.7. The number of rotatable bonds is 6. The normalized spacial score (nSPS) is 14.2. The van der Waals surface area contributed by atoms with E-state index in [1.165, 1.54) is 6.07 Å². The molecule has 0 saturated carbocycles. The van der Waals surface area contributed by atoms with Gasteiger partial charge in [0.2, 0.25) is 6.41 Å². The number of carbonyl (C=O) groups excluding carboxylic acids is 2. The lowest BCUT2D eigenvalue weighted by molar-refractivity contribution is -0.119. The van der Waals surface area contributed by atoms with Crippen LogP contribution in [0.2, 0.25) is 0 Å². The Morgan fingerprint density at radius 1 is 1.15 bits per heavy atom. The summed E-state index contributed by atoms with van der Waals surface area (Å²) in [6.45, 7) is 2.71. The summed E-state index contributed by atoms with van der Waals surface area (Å²) >= 11 is 0. The van der Waals surface area contributed by atoms with Gasteiger partial charge in [-0.3, -0.25) is 9.59 Å². The number of amides is 2. The lowest BCUT2D eigenvalue weighted by Crippen LogP contribution is -2.48. The van der Waals surface area contributed by atoms with Gasteiger partial charge in [-0.15, -0.1) is 0 Å². The molecule has 1 aliphatic rings. The van der Waals surface area contributed by atoms with E-state index in [0.717, 1.165) is 6.41 Å².